The number of rotatable bonds is 3. The number of ether oxygens (including phenoxy) is 1. The lowest BCUT2D eigenvalue weighted by Gasteiger charge is -2.29. The van der Waals surface area contributed by atoms with Crippen molar-refractivity contribution in [3.05, 3.63) is 30.5 Å². The highest BCUT2D eigenvalue weighted by Crippen LogP contribution is 2.21. The van der Waals surface area contributed by atoms with Crippen molar-refractivity contribution in [1.82, 2.24) is 14.8 Å². The van der Waals surface area contributed by atoms with Gasteiger partial charge >= 0.3 is 6.03 Å². The first-order valence-electron chi connectivity index (χ1n) is 8.71. The molecule has 3 heterocycles. The fourth-order valence-corrected chi connectivity index (χ4v) is 3.65. The number of morpholine rings is 1. The molecule has 2 saturated heterocycles. The zero-order valence-corrected chi connectivity index (χ0v) is 13.8. The highest BCUT2D eigenvalue weighted by molar-refractivity contribution is 5.92. The van der Waals surface area contributed by atoms with Crippen LogP contribution < -0.4 is 5.32 Å². The van der Waals surface area contributed by atoms with E-state index in [1.807, 2.05) is 35.4 Å². The molecule has 24 heavy (non-hydrogen) atoms. The number of fused-ring (bicyclic) bond motifs is 1. The number of nitrogens with zero attached hydrogens (tertiary/aromatic N) is 2. The smallest absolute Gasteiger partial charge is 0.321 e. The van der Waals surface area contributed by atoms with Gasteiger partial charge in [0.05, 0.1) is 13.2 Å². The number of nitrogens with one attached hydrogen (secondary N) is 2. The second-order valence-corrected chi connectivity index (χ2v) is 6.72. The molecule has 0 radical (unpaired) electrons. The van der Waals surface area contributed by atoms with E-state index in [2.05, 4.69) is 15.2 Å². The summed E-state index contributed by atoms with van der Waals surface area (Å²) in [5, 5.41) is 4.14. The number of aromatic amines is 1. The van der Waals surface area contributed by atoms with E-state index in [0.29, 0.717) is 5.92 Å². The van der Waals surface area contributed by atoms with Crippen LogP contribution in [-0.4, -0.2) is 66.8 Å². The van der Waals surface area contributed by atoms with Gasteiger partial charge in [-0.1, -0.05) is 0 Å². The summed E-state index contributed by atoms with van der Waals surface area (Å²) in [7, 11) is 0. The molecular formula is C18H24N4O2. The normalized spacial score (nSPS) is 22.2. The number of urea groups is 1. The summed E-state index contributed by atoms with van der Waals surface area (Å²) in [5.74, 6) is 0.570. The molecule has 2 N–H and O–H groups in total. The third kappa shape index (κ3) is 3.39. The summed E-state index contributed by atoms with van der Waals surface area (Å²) in [6.45, 7) is 6.45. The molecule has 1 aromatic heterocycles. The molecule has 1 aromatic carbocycles. The minimum Gasteiger partial charge on any atom is -0.379 e. The first-order valence-corrected chi connectivity index (χ1v) is 8.71. The second kappa shape index (κ2) is 6.83. The molecule has 1 atom stereocenters. The second-order valence-electron chi connectivity index (χ2n) is 6.72. The summed E-state index contributed by atoms with van der Waals surface area (Å²) in [5.41, 5.74) is 1.93. The van der Waals surface area contributed by atoms with E-state index < -0.39 is 0 Å². The summed E-state index contributed by atoms with van der Waals surface area (Å²) in [6, 6.07) is 7.97. The highest BCUT2D eigenvalue weighted by Gasteiger charge is 2.28. The van der Waals surface area contributed by atoms with Crippen LogP contribution in [0.5, 0.6) is 0 Å². The van der Waals surface area contributed by atoms with Crippen molar-refractivity contribution in [3.63, 3.8) is 0 Å². The van der Waals surface area contributed by atoms with E-state index in [1.165, 1.54) is 0 Å². The molecule has 2 fully saturated rings. The minimum atomic E-state index is 0.00867. The lowest BCUT2D eigenvalue weighted by molar-refractivity contribution is 0.0314. The monoisotopic (exact) mass is 328 g/mol. The maximum atomic E-state index is 12.5. The van der Waals surface area contributed by atoms with Gasteiger partial charge in [-0.25, -0.2) is 4.79 Å². The van der Waals surface area contributed by atoms with Gasteiger partial charge in [0.25, 0.3) is 0 Å². The van der Waals surface area contributed by atoms with Crippen LogP contribution >= 0.6 is 0 Å². The van der Waals surface area contributed by atoms with Crippen LogP contribution in [0.4, 0.5) is 10.5 Å². The number of likely N-dealkylation sites (tertiary alicyclic amines) is 1. The van der Waals surface area contributed by atoms with Crippen molar-refractivity contribution in [2.45, 2.75) is 6.42 Å². The Hall–Kier alpha value is -2.05. The molecule has 2 aliphatic heterocycles. The Bertz CT molecular complexity index is 708. The Kier molecular flexibility index (Phi) is 4.40. The number of carbonyl (C=O) groups excluding carboxylic acids is 1. The largest absolute Gasteiger partial charge is 0.379 e. The number of aromatic nitrogens is 1. The van der Waals surface area contributed by atoms with Crippen molar-refractivity contribution in [3.8, 4) is 0 Å². The van der Waals surface area contributed by atoms with Crippen LogP contribution in [0.1, 0.15) is 6.42 Å². The van der Waals surface area contributed by atoms with Crippen molar-refractivity contribution < 1.29 is 9.53 Å². The predicted molar refractivity (Wildman–Crippen MR) is 94.3 cm³/mol. The molecule has 2 amide bonds. The molecule has 2 aliphatic rings. The van der Waals surface area contributed by atoms with E-state index in [9.17, 15) is 4.79 Å². The van der Waals surface area contributed by atoms with Gasteiger partial charge in [0.2, 0.25) is 0 Å². The Labute approximate surface area is 141 Å². The zero-order valence-electron chi connectivity index (χ0n) is 13.8. The molecule has 6 heteroatoms. The standard InChI is InChI=1S/C18H24N4O2/c23-18(20-16-1-2-17-15(11-16)3-5-19-17)22-6-4-14(13-22)12-21-7-9-24-10-8-21/h1-3,5,11,14,19H,4,6-10,12-13H2,(H,20,23). The van der Waals surface area contributed by atoms with E-state index in [0.717, 1.165) is 68.9 Å². The molecule has 128 valence electrons. The van der Waals surface area contributed by atoms with Gasteiger partial charge in [-0.2, -0.15) is 0 Å². The number of H-pyrrole nitrogens is 1. The predicted octanol–water partition coefficient (Wildman–Crippen LogP) is 2.35. The first-order chi connectivity index (χ1) is 11.8. The van der Waals surface area contributed by atoms with Crippen molar-refractivity contribution in [2.75, 3.05) is 51.3 Å². The van der Waals surface area contributed by atoms with Crippen LogP contribution in [0.15, 0.2) is 30.5 Å². The number of amides is 2. The fourth-order valence-electron chi connectivity index (χ4n) is 3.65. The Morgan fingerprint density at radius 3 is 3.00 bits per heavy atom. The van der Waals surface area contributed by atoms with Crippen LogP contribution in [-0.2, 0) is 4.74 Å². The zero-order chi connectivity index (χ0) is 16.4. The number of hydrogen-bond acceptors (Lipinski definition) is 3. The summed E-state index contributed by atoms with van der Waals surface area (Å²) >= 11 is 0. The Balaban J connectivity index is 1.31. The minimum absolute atomic E-state index is 0.00867. The van der Waals surface area contributed by atoms with Gasteiger partial charge in [0.15, 0.2) is 0 Å². The quantitative estimate of drug-likeness (QED) is 0.909. The van der Waals surface area contributed by atoms with Crippen molar-refractivity contribution >= 4 is 22.6 Å². The van der Waals surface area contributed by atoms with Gasteiger partial charge in [0.1, 0.15) is 0 Å². The SMILES string of the molecule is O=C(Nc1ccc2[nH]ccc2c1)N1CCC(CN2CCOCC2)C1. The maximum Gasteiger partial charge on any atom is 0.321 e. The fraction of sp³-hybridized carbons (Fsp3) is 0.500. The molecular weight excluding hydrogens is 304 g/mol. The Morgan fingerprint density at radius 2 is 2.12 bits per heavy atom. The molecule has 0 spiro atoms. The van der Waals surface area contributed by atoms with Gasteiger partial charge in [0, 0.05) is 55.5 Å². The van der Waals surface area contributed by atoms with E-state index in [1.54, 1.807) is 0 Å². The number of benzene rings is 1. The first kappa shape index (κ1) is 15.5. The molecule has 0 bridgehead atoms. The maximum absolute atomic E-state index is 12.5. The van der Waals surface area contributed by atoms with Crippen LogP contribution in [0.2, 0.25) is 0 Å². The van der Waals surface area contributed by atoms with Crippen LogP contribution in [0, 0.1) is 5.92 Å². The molecule has 2 aromatic rings. The topological polar surface area (TPSA) is 60.6 Å². The van der Waals surface area contributed by atoms with Crippen molar-refractivity contribution in [1.29, 1.82) is 0 Å². The number of carbonyl (C=O) groups is 1. The van der Waals surface area contributed by atoms with Crippen molar-refractivity contribution in [2.24, 2.45) is 5.92 Å². The Morgan fingerprint density at radius 1 is 1.25 bits per heavy atom. The van der Waals surface area contributed by atoms with E-state index in [4.69, 9.17) is 4.74 Å². The average molecular weight is 328 g/mol. The molecule has 4 rings (SSSR count). The summed E-state index contributed by atoms with van der Waals surface area (Å²) in [4.78, 5) is 20.1. The molecule has 1 unspecified atom stereocenters. The number of anilines is 1. The van der Waals surface area contributed by atoms with Gasteiger partial charge in [-0.15, -0.1) is 0 Å². The van der Waals surface area contributed by atoms with E-state index in [-0.39, 0.29) is 6.03 Å². The third-order valence-electron chi connectivity index (χ3n) is 5.00. The van der Waals surface area contributed by atoms with Crippen LogP contribution in [0.3, 0.4) is 0 Å². The molecule has 0 saturated carbocycles. The summed E-state index contributed by atoms with van der Waals surface area (Å²) in [6.07, 6.45) is 2.99. The highest BCUT2D eigenvalue weighted by atomic mass is 16.5. The van der Waals surface area contributed by atoms with Gasteiger partial charge in [-0.05, 0) is 36.6 Å². The number of hydrogen-bond donors (Lipinski definition) is 2. The third-order valence-corrected chi connectivity index (χ3v) is 5.00. The summed E-state index contributed by atoms with van der Waals surface area (Å²) < 4.78 is 5.40. The average Bonchev–Trinajstić information content (AvgIpc) is 3.24. The van der Waals surface area contributed by atoms with Crippen LogP contribution in [0.25, 0.3) is 10.9 Å². The lowest BCUT2D eigenvalue weighted by atomic mass is 10.1. The molecule has 0 aliphatic carbocycles. The van der Waals surface area contributed by atoms with Gasteiger partial charge < -0.3 is 19.9 Å². The van der Waals surface area contributed by atoms with Gasteiger partial charge in [-0.3, -0.25) is 4.90 Å². The lowest BCUT2D eigenvalue weighted by Crippen LogP contribution is -2.40. The molecule has 6 nitrogen and oxygen atoms in total. The van der Waals surface area contributed by atoms with E-state index >= 15 is 0 Å².